The van der Waals surface area contributed by atoms with E-state index in [9.17, 15) is 0 Å². The molecular formula is C30H22. The molecule has 0 spiro atoms. The smallest absolute Gasteiger partial charge is 0.0217 e. The number of hydrogen-bond acceptors (Lipinski definition) is 0. The highest BCUT2D eigenvalue weighted by Gasteiger charge is 2.18. The molecule has 6 rings (SSSR count). The molecule has 1 unspecified atom stereocenters. The predicted octanol–water partition coefficient (Wildman–Crippen LogP) is 5.85. The molecule has 0 heteroatoms. The lowest BCUT2D eigenvalue weighted by Crippen LogP contribution is -2.21. The van der Waals surface area contributed by atoms with E-state index in [0.717, 1.165) is 6.42 Å². The summed E-state index contributed by atoms with van der Waals surface area (Å²) in [5.74, 6) is 0.323. The zero-order chi connectivity index (χ0) is 20.1. The quantitative estimate of drug-likeness (QED) is 0.408. The van der Waals surface area contributed by atoms with E-state index >= 15 is 0 Å². The summed E-state index contributed by atoms with van der Waals surface area (Å²) in [5.41, 5.74) is 7.74. The monoisotopic (exact) mass is 382 g/mol. The third-order valence-corrected chi connectivity index (χ3v) is 6.43. The standard InChI is InChI=1S/C30H22/c1-20-15-26-16-23(12-13-24(26)18-29(20)21-7-3-2-4-8-21)27-17-25-14-11-22-9-5-6-10-28(22)30(25)19-27/h2-14,16-19,27H,1,15H2. The molecule has 30 heavy (non-hydrogen) atoms. The van der Waals surface area contributed by atoms with Crippen LogP contribution in [0.4, 0.5) is 0 Å². The van der Waals surface area contributed by atoms with Crippen molar-refractivity contribution in [2.75, 3.05) is 0 Å². The van der Waals surface area contributed by atoms with Crippen LogP contribution in [-0.2, 0) is 6.42 Å². The van der Waals surface area contributed by atoms with Gasteiger partial charge in [-0.05, 0) is 67.1 Å². The van der Waals surface area contributed by atoms with Gasteiger partial charge in [0, 0.05) is 5.92 Å². The summed E-state index contributed by atoms with van der Waals surface area (Å²) in [4.78, 5) is 0. The van der Waals surface area contributed by atoms with Crippen molar-refractivity contribution in [3.63, 3.8) is 0 Å². The maximum atomic E-state index is 4.38. The van der Waals surface area contributed by atoms with E-state index in [-0.39, 0.29) is 0 Å². The Hall–Kier alpha value is -3.64. The largest absolute Gasteiger partial charge is 0.0949 e. The van der Waals surface area contributed by atoms with Crippen molar-refractivity contribution >= 4 is 34.6 Å². The molecular weight excluding hydrogens is 360 g/mol. The van der Waals surface area contributed by atoms with Crippen LogP contribution in [0.3, 0.4) is 0 Å². The molecule has 0 radical (unpaired) electrons. The minimum Gasteiger partial charge on any atom is -0.0949 e. The van der Waals surface area contributed by atoms with Gasteiger partial charge in [-0.25, -0.2) is 0 Å². The van der Waals surface area contributed by atoms with E-state index in [1.165, 1.54) is 54.6 Å². The Bertz CT molecular complexity index is 1470. The molecule has 0 N–H and O–H groups in total. The molecule has 0 heterocycles. The number of benzene rings is 4. The summed E-state index contributed by atoms with van der Waals surface area (Å²) < 4.78 is 0. The van der Waals surface area contributed by atoms with E-state index < -0.39 is 0 Å². The van der Waals surface area contributed by atoms with Gasteiger partial charge in [0.05, 0.1) is 0 Å². The van der Waals surface area contributed by atoms with Gasteiger partial charge in [0.2, 0.25) is 0 Å². The van der Waals surface area contributed by atoms with Crippen LogP contribution in [0.5, 0.6) is 0 Å². The molecule has 0 fully saturated rings. The van der Waals surface area contributed by atoms with E-state index in [4.69, 9.17) is 0 Å². The normalized spacial score (nSPS) is 17.0. The molecule has 0 amide bonds. The van der Waals surface area contributed by atoms with Crippen molar-refractivity contribution in [1.29, 1.82) is 0 Å². The van der Waals surface area contributed by atoms with Gasteiger partial charge in [-0.2, -0.15) is 0 Å². The van der Waals surface area contributed by atoms with Crippen molar-refractivity contribution in [2.24, 2.45) is 0 Å². The van der Waals surface area contributed by atoms with Crippen LogP contribution >= 0.6 is 0 Å². The average molecular weight is 383 g/mol. The third-order valence-electron chi connectivity index (χ3n) is 6.43. The Morgan fingerprint density at radius 3 is 2.50 bits per heavy atom. The molecule has 0 aromatic heterocycles. The first-order chi connectivity index (χ1) is 14.8. The number of fused-ring (bicyclic) bond motifs is 4. The molecule has 0 aliphatic heterocycles. The van der Waals surface area contributed by atoms with Crippen LogP contribution in [0.25, 0.3) is 34.6 Å². The molecule has 2 aliphatic carbocycles. The van der Waals surface area contributed by atoms with Gasteiger partial charge in [-0.1, -0.05) is 104 Å². The van der Waals surface area contributed by atoms with Crippen molar-refractivity contribution in [2.45, 2.75) is 12.3 Å². The van der Waals surface area contributed by atoms with Gasteiger partial charge < -0.3 is 0 Å². The SMILES string of the molecule is C=C1Cc2cc(C3C=c4ccc5ccccc5c4=C3)ccc2C=C1c1ccccc1. The Balaban J connectivity index is 1.41. The van der Waals surface area contributed by atoms with Crippen LogP contribution in [0.2, 0.25) is 0 Å². The van der Waals surface area contributed by atoms with E-state index in [2.05, 4.69) is 110 Å². The van der Waals surface area contributed by atoms with Crippen molar-refractivity contribution in [3.05, 3.63) is 130 Å². The predicted molar refractivity (Wildman–Crippen MR) is 128 cm³/mol. The summed E-state index contributed by atoms with van der Waals surface area (Å²) in [6, 6.07) is 30.7. The Kier molecular flexibility index (Phi) is 3.86. The van der Waals surface area contributed by atoms with Crippen LogP contribution < -0.4 is 10.4 Å². The zero-order valence-electron chi connectivity index (χ0n) is 16.8. The first-order valence-electron chi connectivity index (χ1n) is 10.6. The van der Waals surface area contributed by atoms with Gasteiger partial charge in [-0.3, -0.25) is 0 Å². The van der Waals surface area contributed by atoms with Gasteiger partial charge in [0.15, 0.2) is 0 Å². The van der Waals surface area contributed by atoms with Crippen LogP contribution in [0.1, 0.15) is 28.2 Å². The topological polar surface area (TPSA) is 0 Å². The molecule has 0 bridgehead atoms. The summed E-state index contributed by atoms with van der Waals surface area (Å²) in [6.07, 6.45) is 8.02. The fourth-order valence-electron chi connectivity index (χ4n) is 4.87. The highest BCUT2D eigenvalue weighted by Crippen LogP contribution is 2.35. The average Bonchev–Trinajstić information content (AvgIpc) is 3.24. The number of hydrogen-bond donors (Lipinski definition) is 0. The van der Waals surface area contributed by atoms with E-state index in [1.807, 2.05) is 0 Å². The van der Waals surface area contributed by atoms with Gasteiger partial charge in [-0.15, -0.1) is 0 Å². The van der Waals surface area contributed by atoms with Crippen LogP contribution in [0, 0.1) is 0 Å². The molecule has 0 saturated heterocycles. The van der Waals surface area contributed by atoms with Gasteiger partial charge in [0.25, 0.3) is 0 Å². The molecule has 2 aliphatic rings. The van der Waals surface area contributed by atoms with E-state index in [1.54, 1.807) is 0 Å². The maximum Gasteiger partial charge on any atom is 0.0217 e. The van der Waals surface area contributed by atoms with Crippen molar-refractivity contribution < 1.29 is 0 Å². The van der Waals surface area contributed by atoms with E-state index in [0.29, 0.717) is 5.92 Å². The molecule has 1 atom stereocenters. The fourth-order valence-corrected chi connectivity index (χ4v) is 4.87. The summed E-state index contributed by atoms with van der Waals surface area (Å²) in [7, 11) is 0. The number of allylic oxidation sites excluding steroid dienone is 2. The molecule has 0 saturated carbocycles. The summed E-state index contributed by atoms with van der Waals surface area (Å²) in [5, 5.41) is 5.36. The fraction of sp³-hybridized carbons (Fsp3) is 0.0667. The summed E-state index contributed by atoms with van der Waals surface area (Å²) in [6.45, 7) is 4.38. The highest BCUT2D eigenvalue weighted by atomic mass is 14.2. The minimum absolute atomic E-state index is 0.323. The lowest BCUT2D eigenvalue weighted by molar-refractivity contribution is 1.14. The van der Waals surface area contributed by atoms with Gasteiger partial charge in [0.1, 0.15) is 0 Å². The molecule has 0 nitrogen and oxygen atoms in total. The lowest BCUT2D eigenvalue weighted by Gasteiger charge is -2.21. The number of rotatable bonds is 2. The molecule has 142 valence electrons. The second-order valence-corrected chi connectivity index (χ2v) is 8.31. The summed E-state index contributed by atoms with van der Waals surface area (Å²) >= 11 is 0. The lowest BCUT2D eigenvalue weighted by atomic mass is 9.83. The van der Waals surface area contributed by atoms with Crippen LogP contribution in [0.15, 0.2) is 97.1 Å². The highest BCUT2D eigenvalue weighted by molar-refractivity contribution is 5.94. The van der Waals surface area contributed by atoms with Crippen molar-refractivity contribution in [3.8, 4) is 0 Å². The zero-order valence-corrected chi connectivity index (χ0v) is 16.8. The maximum absolute atomic E-state index is 4.38. The molecule has 4 aromatic carbocycles. The van der Waals surface area contributed by atoms with Crippen molar-refractivity contribution in [1.82, 2.24) is 0 Å². The first-order valence-corrected chi connectivity index (χ1v) is 10.6. The van der Waals surface area contributed by atoms with Crippen LogP contribution in [-0.4, -0.2) is 0 Å². The molecule has 4 aromatic rings. The Labute approximate surface area is 176 Å². The van der Waals surface area contributed by atoms with Gasteiger partial charge >= 0.3 is 0 Å². The minimum atomic E-state index is 0.323. The second kappa shape index (κ2) is 6.71. The Morgan fingerprint density at radius 1 is 0.767 bits per heavy atom. The third kappa shape index (κ3) is 2.76. The second-order valence-electron chi connectivity index (χ2n) is 8.31. The first kappa shape index (κ1) is 17.2. The Morgan fingerprint density at radius 2 is 1.60 bits per heavy atom.